The van der Waals surface area contributed by atoms with Crippen LogP contribution in [-0.4, -0.2) is 24.0 Å². The molecule has 0 aromatic heterocycles. The number of halogens is 1. The van der Waals surface area contributed by atoms with Gasteiger partial charge in [-0.05, 0) is 19.1 Å². The van der Waals surface area contributed by atoms with E-state index in [0.29, 0.717) is 12.5 Å². The molecule has 0 fully saturated rings. The summed E-state index contributed by atoms with van der Waals surface area (Å²) in [5.41, 5.74) is 0. The Morgan fingerprint density at radius 2 is 2.08 bits per heavy atom. The second-order valence-corrected chi connectivity index (χ2v) is 3.37. The highest BCUT2D eigenvalue weighted by Crippen LogP contribution is 2.04. The van der Waals surface area contributed by atoms with Crippen LogP contribution in [0.4, 0.5) is 0 Å². The second-order valence-electron chi connectivity index (χ2n) is 2.26. The summed E-state index contributed by atoms with van der Waals surface area (Å²) in [5.74, 6) is 2.29. The van der Waals surface area contributed by atoms with E-state index in [-0.39, 0.29) is 12.4 Å². The Hall–Kier alpha value is 0.110. The molecule has 0 aliphatic rings. The van der Waals surface area contributed by atoms with Crippen LogP contribution in [0.2, 0.25) is 0 Å². The largest absolute Gasteiger partial charge is 0.481 e. The molecule has 0 rings (SSSR count). The molecule has 0 spiro atoms. The van der Waals surface area contributed by atoms with Crippen molar-refractivity contribution in [2.24, 2.45) is 0 Å². The van der Waals surface area contributed by atoms with E-state index in [1.165, 1.54) is 12.8 Å². The van der Waals surface area contributed by atoms with Crippen LogP contribution in [0.3, 0.4) is 0 Å². The number of ether oxygens (including phenoxy) is 1. The summed E-state index contributed by atoms with van der Waals surface area (Å²) >= 11 is 1.78. The lowest BCUT2D eigenvalue weighted by Crippen LogP contribution is -2.05. The van der Waals surface area contributed by atoms with Crippen molar-refractivity contribution in [2.75, 3.05) is 18.1 Å². The van der Waals surface area contributed by atoms with Gasteiger partial charge in [-0.15, -0.1) is 12.4 Å². The first-order valence-corrected chi connectivity index (χ1v) is 5.24. The molecule has 0 saturated heterocycles. The van der Waals surface area contributed by atoms with Crippen LogP contribution in [0.25, 0.3) is 0 Å². The first-order valence-electron chi connectivity index (χ1n) is 4.09. The highest BCUT2D eigenvalue weighted by Gasteiger charge is 1.95. The smallest absolute Gasteiger partial charge is 0.190 e. The van der Waals surface area contributed by atoms with Crippen molar-refractivity contribution in [3.63, 3.8) is 0 Å². The Bertz CT molecular complexity index is 111. The summed E-state index contributed by atoms with van der Waals surface area (Å²) in [6.45, 7) is 4.70. The highest BCUT2D eigenvalue weighted by molar-refractivity contribution is 7.99. The van der Waals surface area contributed by atoms with Crippen molar-refractivity contribution in [2.45, 2.75) is 26.7 Å². The van der Waals surface area contributed by atoms with Crippen LogP contribution in [0.1, 0.15) is 26.7 Å². The van der Waals surface area contributed by atoms with E-state index in [1.807, 2.05) is 6.92 Å². The number of nitrogens with one attached hydrogen (secondary N) is 1. The van der Waals surface area contributed by atoms with Gasteiger partial charge in [0.1, 0.15) is 0 Å². The number of unbranched alkanes of at least 4 members (excludes halogenated alkanes) is 1. The Balaban J connectivity index is 0. The molecular formula is C8H18ClNOS. The van der Waals surface area contributed by atoms with Crippen molar-refractivity contribution in [1.82, 2.24) is 0 Å². The average Bonchev–Trinajstić information content (AvgIpc) is 1.99. The highest BCUT2D eigenvalue weighted by atomic mass is 35.5. The Morgan fingerprint density at radius 1 is 1.42 bits per heavy atom. The fourth-order valence-electron chi connectivity index (χ4n) is 0.627. The van der Waals surface area contributed by atoms with Crippen LogP contribution in [0.15, 0.2) is 0 Å². The number of hydrogen-bond donors (Lipinski definition) is 1. The van der Waals surface area contributed by atoms with Crippen LogP contribution < -0.4 is 0 Å². The normalized spacial score (nSPS) is 8.83. The van der Waals surface area contributed by atoms with E-state index in [0.717, 1.165) is 11.5 Å². The molecule has 0 amide bonds. The topological polar surface area (TPSA) is 33.1 Å². The van der Waals surface area contributed by atoms with Crippen molar-refractivity contribution in [3.05, 3.63) is 0 Å². The third kappa shape index (κ3) is 10.1. The van der Waals surface area contributed by atoms with E-state index in [4.69, 9.17) is 10.1 Å². The molecule has 0 aromatic rings. The maximum absolute atomic E-state index is 7.28. The number of rotatable bonds is 6. The molecule has 12 heavy (non-hydrogen) atoms. The zero-order valence-electron chi connectivity index (χ0n) is 7.76. The number of hydrogen-bond acceptors (Lipinski definition) is 3. The molecule has 2 nitrogen and oxygen atoms in total. The van der Waals surface area contributed by atoms with Crippen LogP contribution in [0.5, 0.6) is 0 Å². The average molecular weight is 212 g/mol. The van der Waals surface area contributed by atoms with Gasteiger partial charge < -0.3 is 4.74 Å². The van der Waals surface area contributed by atoms with Gasteiger partial charge in [-0.2, -0.15) is 11.8 Å². The summed E-state index contributed by atoms with van der Waals surface area (Å²) < 4.78 is 4.98. The quantitative estimate of drug-likeness (QED) is 0.416. The molecule has 0 unspecified atom stereocenters. The summed E-state index contributed by atoms with van der Waals surface area (Å²) in [4.78, 5) is 0. The van der Waals surface area contributed by atoms with Crippen LogP contribution >= 0.6 is 24.2 Å². The lowest BCUT2D eigenvalue weighted by atomic mass is 10.4. The van der Waals surface area contributed by atoms with E-state index < -0.39 is 0 Å². The van der Waals surface area contributed by atoms with Gasteiger partial charge >= 0.3 is 0 Å². The maximum Gasteiger partial charge on any atom is 0.190 e. The lowest BCUT2D eigenvalue weighted by molar-refractivity contribution is 0.322. The Labute approximate surface area is 85.4 Å². The van der Waals surface area contributed by atoms with E-state index in [2.05, 4.69) is 6.92 Å². The van der Waals surface area contributed by atoms with Crippen molar-refractivity contribution in [1.29, 1.82) is 5.41 Å². The molecule has 0 bridgehead atoms. The van der Waals surface area contributed by atoms with Gasteiger partial charge in [0.25, 0.3) is 0 Å². The monoisotopic (exact) mass is 211 g/mol. The first kappa shape index (κ1) is 14.6. The molecule has 0 aromatic carbocycles. The van der Waals surface area contributed by atoms with Gasteiger partial charge in [-0.1, -0.05) is 13.3 Å². The van der Waals surface area contributed by atoms with E-state index >= 15 is 0 Å². The van der Waals surface area contributed by atoms with Crippen LogP contribution in [0, 0.1) is 5.41 Å². The minimum atomic E-state index is 0. The molecule has 4 heteroatoms. The molecule has 1 N–H and O–H groups in total. The summed E-state index contributed by atoms with van der Waals surface area (Å²) in [6, 6.07) is 0. The third-order valence-corrected chi connectivity index (χ3v) is 2.24. The Kier molecular flexibility index (Phi) is 13.5. The standard InChI is InChI=1S/C8H17NOS.ClH/c1-3-5-6-11-7-8(9)10-4-2;/h9H,3-7H2,1-2H3;1H. The van der Waals surface area contributed by atoms with Gasteiger partial charge in [-0.3, -0.25) is 5.41 Å². The molecule has 74 valence electrons. The van der Waals surface area contributed by atoms with Gasteiger partial charge in [0.15, 0.2) is 5.90 Å². The SMILES string of the molecule is CCCCSCC(=N)OCC.Cl. The minimum absolute atomic E-state index is 0. The van der Waals surface area contributed by atoms with Crippen molar-refractivity contribution < 1.29 is 4.74 Å². The second kappa shape index (κ2) is 11.1. The molecule has 0 atom stereocenters. The van der Waals surface area contributed by atoms with E-state index in [1.54, 1.807) is 11.8 Å². The molecule has 0 heterocycles. The Morgan fingerprint density at radius 3 is 2.58 bits per heavy atom. The van der Waals surface area contributed by atoms with Crippen LogP contribution in [-0.2, 0) is 4.74 Å². The summed E-state index contributed by atoms with van der Waals surface area (Å²) in [5, 5.41) is 7.28. The molecular weight excluding hydrogens is 194 g/mol. The summed E-state index contributed by atoms with van der Waals surface area (Å²) in [6.07, 6.45) is 2.47. The molecule has 0 aliphatic carbocycles. The summed E-state index contributed by atoms with van der Waals surface area (Å²) in [7, 11) is 0. The van der Waals surface area contributed by atoms with Crippen molar-refractivity contribution in [3.8, 4) is 0 Å². The van der Waals surface area contributed by atoms with Crippen molar-refractivity contribution >= 4 is 30.1 Å². The first-order chi connectivity index (χ1) is 5.31. The van der Waals surface area contributed by atoms with E-state index in [9.17, 15) is 0 Å². The van der Waals surface area contributed by atoms with Gasteiger partial charge in [0.05, 0.1) is 12.4 Å². The van der Waals surface area contributed by atoms with Gasteiger partial charge in [0, 0.05) is 0 Å². The zero-order chi connectivity index (χ0) is 8.53. The minimum Gasteiger partial charge on any atom is -0.481 e. The molecule has 0 saturated carbocycles. The van der Waals surface area contributed by atoms with Gasteiger partial charge in [-0.25, -0.2) is 0 Å². The number of thioether (sulfide) groups is 1. The predicted octanol–water partition coefficient (Wildman–Crippen LogP) is 2.96. The zero-order valence-corrected chi connectivity index (χ0v) is 9.39. The molecule has 0 aliphatic heterocycles. The predicted molar refractivity (Wildman–Crippen MR) is 58.8 cm³/mol. The van der Waals surface area contributed by atoms with Gasteiger partial charge in [0.2, 0.25) is 0 Å². The maximum atomic E-state index is 7.28. The fourth-order valence-corrected chi connectivity index (χ4v) is 1.53. The third-order valence-electron chi connectivity index (χ3n) is 1.19. The fraction of sp³-hybridized carbons (Fsp3) is 0.875. The lowest BCUT2D eigenvalue weighted by Gasteiger charge is -2.03. The molecule has 0 radical (unpaired) electrons.